The van der Waals surface area contributed by atoms with E-state index in [-0.39, 0.29) is 18.3 Å². The number of carbonyl (C=O) groups excluding carboxylic acids is 1. The van der Waals surface area contributed by atoms with Gasteiger partial charge in [-0.15, -0.1) is 0 Å². The summed E-state index contributed by atoms with van der Waals surface area (Å²) in [4.78, 5) is 10.9. The maximum absolute atomic E-state index is 10.9. The van der Waals surface area contributed by atoms with Crippen molar-refractivity contribution in [1.29, 1.82) is 0 Å². The molecule has 0 radical (unpaired) electrons. The molecule has 0 aliphatic carbocycles. The molecule has 14 heavy (non-hydrogen) atoms. The van der Waals surface area contributed by atoms with Gasteiger partial charge in [-0.2, -0.15) is 0 Å². The summed E-state index contributed by atoms with van der Waals surface area (Å²) in [7, 11) is 1.54. The van der Waals surface area contributed by atoms with Crippen LogP contribution in [0.1, 0.15) is 5.56 Å². The van der Waals surface area contributed by atoms with E-state index in [1.54, 1.807) is 32.2 Å². The highest BCUT2D eigenvalue weighted by atomic mass is 16.5. The van der Waals surface area contributed by atoms with E-state index in [0.29, 0.717) is 11.3 Å². The van der Waals surface area contributed by atoms with Crippen LogP contribution in [0, 0.1) is 6.92 Å². The average Bonchev–Trinajstić information content (AvgIpc) is 2.20. The molecule has 0 unspecified atom stereocenters. The van der Waals surface area contributed by atoms with E-state index in [9.17, 15) is 9.90 Å². The highest BCUT2D eigenvalue weighted by Gasteiger charge is 2.05. The van der Waals surface area contributed by atoms with Crippen molar-refractivity contribution in [2.24, 2.45) is 0 Å². The molecule has 0 aliphatic rings. The summed E-state index contributed by atoms with van der Waals surface area (Å²) in [6.07, 6.45) is 0. The Hall–Kier alpha value is -1.71. The fraction of sp³-hybridized carbons (Fsp3) is 0.300. The van der Waals surface area contributed by atoms with Crippen LogP contribution in [0.2, 0.25) is 0 Å². The molecule has 4 heteroatoms. The largest absolute Gasteiger partial charge is 0.508 e. The second-order valence-corrected chi connectivity index (χ2v) is 2.86. The second kappa shape index (κ2) is 4.50. The Morgan fingerprint density at radius 1 is 1.57 bits per heavy atom. The normalized spacial score (nSPS) is 9.57. The molecule has 4 nitrogen and oxygen atoms in total. The third-order valence-electron chi connectivity index (χ3n) is 1.89. The Labute approximate surface area is 82.5 Å². The Kier molecular flexibility index (Phi) is 3.34. The third kappa shape index (κ3) is 2.39. The molecule has 0 fully saturated rings. The lowest BCUT2D eigenvalue weighted by molar-refractivity contribution is -0.122. The van der Waals surface area contributed by atoms with Crippen LogP contribution in [0.3, 0.4) is 0 Å². The van der Waals surface area contributed by atoms with Gasteiger partial charge in [-0.25, -0.2) is 0 Å². The van der Waals surface area contributed by atoms with Gasteiger partial charge in [0.1, 0.15) is 11.5 Å². The lowest BCUT2D eigenvalue weighted by atomic mass is 10.2. The van der Waals surface area contributed by atoms with Crippen molar-refractivity contribution in [2.75, 3.05) is 13.7 Å². The first-order valence-electron chi connectivity index (χ1n) is 4.27. The number of benzene rings is 1. The molecule has 1 amide bonds. The molecule has 0 bridgehead atoms. The van der Waals surface area contributed by atoms with Crippen molar-refractivity contribution in [3.63, 3.8) is 0 Å². The van der Waals surface area contributed by atoms with Crippen molar-refractivity contribution < 1.29 is 14.6 Å². The predicted molar refractivity (Wildman–Crippen MR) is 52.4 cm³/mol. The van der Waals surface area contributed by atoms with Crippen LogP contribution >= 0.6 is 0 Å². The van der Waals surface area contributed by atoms with Crippen LogP contribution in [-0.2, 0) is 4.79 Å². The molecule has 0 atom stereocenters. The highest BCUT2D eigenvalue weighted by Crippen LogP contribution is 2.25. The van der Waals surface area contributed by atoms with E-state index in [2.05, 4.69) is 5.32 Å². The molecule has 2 N–H and O–H groups in total. The number of aromatic hydroxyl groups is 1. The first-order valence-corrected chi connectivity index (χ1v) is 4.27. The van der Waals surface area contributed by atoms with Gasteiger partial charge in [0.15, 0.2) is 6.61 Å². The van der Waals surface area contributed by atoms with Crippen LogP contribution in [0.25, 0.3) is 0 Å². The molecule has 1 aromatic carbocycles. The summed E-state index contributed by atoms with van der Waals surface area (Å²) in [6, 6.07) is 4.95. The van der Waals surface area contributed by atoms with E-state index >= 15 is 0 Å². The number of hydrogen-bond acceptors (Lipinski definition) is 3. The Balaban J connectivity index is 2.68. The van der Waals surface area contributed by atoms with E-state index in [1.165, 1.54) is 0 Å². The van der Waals surface area contributed by atoms with E-state index < -0.39 is 0 Å². The zero-order valence-electron chi connectivity index (χ0n) is 8.20. The number of hydrogen-bond donors (Lipinski definition) is 2. The number of ether oxygens (including phenoxy) is 1. The minimum absolute atomic E-state index is 0.0409. The lowest BCUT2D eigenvalue weighted by Crippen LogP contribution is -2.24. The quantitative estimate of drug-likeness (QED) is 0.750. The molecule has 0 aliphatic heterocycles. The van der Waals surface area contributed by atoms with Crippen molar-refractivity contribution in [1.82, 2.24) is 5.32 Å². The monoisotopic (exact) mass is 195 g/mol. The molecule has 0 saturated heterocycles. The molecule has 0 heterocycles. The lowest BCUT2D eigenvalue weighted by Gasteiger charge is -2.08. The van der Waals surface area contributed by atoms with E-state index in [0.717, 1.165) is 0 Å². The molecular formula is C10H13NO3. The zero-order chi connectivity index (χ0) is 10.6. The van der Waals surface area contributed by atoms with Gasteiger partial charge in [-0.1, -0.05) is 6.07 Å². The molecule has 76 valence electrons. The summed E-state index contributed by atoms with van der Waals surface area (Å²) >= 11 is 0. The molecular weight excluding hydrogens is 182 g/mol. The Morgan fingerprint density at radius 2 is 2.29 bits per heavy atom. The summed E-state index contributed by atoms with van der Waals surface area (Å²) in [5.41, 5.74) is 0.636. The fourth-order valence-electron chi connectivity index (χ4n) is 0.975. The first kappa shape index (κ1) is 10.4. The number of phenolic OH excluding ortho intramolecular Hbond substituents is 1. The van der Waals surface area contributed by atoms with E-state index in [4.69, 9.17) is 4.74 Å². The van der Waals surface area contributed by atoms with Gasteiger partial charge >= 0.3 is 0 Å². The summed E-state index contributed by atoms with van der Waals surface area (Å²) in [5, 5.41) is 11.8. The zero-order valence-corrected chi connectivity index (χ0v) is 8.20. The highest BCUT2D eigenvalue weighted by molar-refractivity contribution is 5.77. The number of rotatable bonds is 3. The molecule has 0 saturated carbocycles. The van der Waals surface area contributed by atoms with Crippen LogP contribution in [0.5, 0.6) is 11.5 Å². The van der Waals surface area contributed by atoms with Gasteiger partial charge in [-0.05, 0) is 19.1 Å². The maximum atomic E-state index is 10.9. The van der Waals surface area contributed by atoms with Crippen LogP contribution in [0.15, 0.2) is 18.2 Å². The van der Waals surface area contributed by atoms with Crippen LogP contribution < -0.4 is 10.1 Å². The number of phenols is 1. The number of nitrogens with one attached hydrogen (secondary N) is 1. The SMILES string of the molecule is CNC(=O)COc1cccc(O)c1C. The summed E-state index contributed by atoms with van der Waals surface area (Å²) in [6.45, 7) is 1.69. The van der Waals surface area contributed by atoms with Gasteiger partial charge in [0.25, 0.3) is 5.91 Å². The molecule has 1 aromatic rings. The number of likely N-dealkylation sites (N-methyl/N-ethyl adjacent to an activating group) is 1. The molecule has 0 aromatic heterocycles. The minimum atomic E-state index is -0.201. The van der Waals surface area contributed by atoms with Gasteiger partial charge in [0.05, 0.1) is 0 Å². The van der Waals surface area contributed by atoms with Crippen molar-refractivity contribution >= 4 is 5.91 Å². The Bertz CT molecular complexity index is 336. The first-order chi connectivity index (χ1) is 6.65. The second-order valence-electron chi connectivity index (χ2n) is 2.86. The average molecular weight is 195 g/mol. The van der Waals surface area contributed by atoms with Crippen molar-refractivity contribution in [3.8, 4) is 11.5 Å². The number of carbonyl (C=O) groups is 1. The van der Waals surface area contributed by atoms with Gasteiger partial charge in [-0.3, -0.25) is 4.79 Å². The fourth-order valence-corrected chi connectivity index (χ4v) is 0.975. The third-order valence-corrected chi connectivity index (χ3v) is 1.89. The number of amides is 1. The summed E-state index contributed by atoms with van der Waals surface area (Å²) < 4.78 is 5.20. The predicted octanol–water partition coefficient (Wildman–Crippen LogP) is 0.825. The molecule has 0 spiro atoms. The van der Waals surface area contributed by atoms with Crippen LogP contribution in [0.4, 0.5) is 0 Å². The van der Waals surface area contributed by atoms with Gasteiger partial charge in [0.2, 0.25) is 0 Å². The van der Waals surface area contributed by atoms with Crippen molar-refractivity contribution in [2.45, 2.75) is 6.92 Å². The van der Waals surface area contributed by atoms with Gasteiger partial charge < -0.3 is 15.2 Å². The van der Waals surface area contributed by atoms with Crippen LogP contribution in [-0.4, -0.2) is 24.7 Å². The Morgan fingerprint density at radius 3 is 2.93 bits per heavy atom. The maximum Gasteiger partial charge on any atom is 0.257 e. The smallest absolute Gasteiger partial charge is 0.257 e. The topological polar surface area (TPSA) is 58.6 Å². The van der Waals surface area contributed by atoms with Gasteiger partial charge in [0, 0.05) is 12.6 Å². The summed E-state index contributed by atoms with van der Waals surface area (Å²) in [5.74, 6) is 0.487. The van der Waals surface area contributed by atoms with E-state index in [1.807, 2.05) is 0 Å². The van der Waals surface area contributed by atoms with Crippen molar-refractivity contribution in [3.05, 3.63) is 23.8 Å². The standard InChI is InChI=1S/C10H13NO3/c1-7-8(12)4-3-5-9(7)14-6-10(13)11-2/h3-5,12H,6H2,1-2H3,(H,11,13). The molecule has 1 rings (SSSR count). The minimum Gasteiger partial charge on any atom is -0.508 e.